The molecule has 1 saturated heterocycles. The average molecular weight is 434 g/mol. The summed E-state index contributed by atoms with van der Waals surface area (Å²) in [6.45, 7) is 1.18. The van der Waals surface area contributed by atoms with E-state index in [2.05, 4.69) is 0 Å². The van der Waals surface area contributed by atoms with E-state index in [4.69, 9.17) is 30.1 Å². The normalized spacial score (nSPS) is 39.7. The Kier molecular flexibility index (Phi) is 5.17. The molecule has 7 atom stereocenters. The van der Waals surface area contributed by atoms with Crippen LogP contribution in [-0.2, 0) is 33.4 Å². The largest absolute Gasteiger partial charge is 0.472 e. The lowest BCUT2D eigenvalue weighted by Crippen LogP contribution is -2.78. The number of fused-ring (bicyclic) bond motifs is 3. The van der Waals surface area contributed by atoms with E-state index in [-0.39, 0.29) is 25.7 Å². The number of furan rings is 1. The van der Waals surface area contributed by atoms with Crippen molar-refractivity contribution in [1.29, 1.82) is 0 Å². The van der Waals surface area contributed by atoms with Gasteiger partial charge >= 0.3 is 17.9 Å². The molecule has 4 N–H and O–H groups in total. The van der Waals surface area contributed by atoms with Gasteiger partial charge in [-0.3, -0.25) is 19.2 Å². The second-order valence-corrected chi connectivity index (χ2v) is 8.75. The van der Waals surface area contributed by atoms with Gasteiger partial charge in [0.05, 0.1) is 37.4 Å². The third-order valence-electron chi connectivity index (χ3n) is 7.08. The highest BCUT2D eigenvalue weighted by Crippen LogP contribution is 2.55. The highest BCUT2D eigenvalue weighted by Gasteiger charge is 2.69. The van der Waals surface area contributed by atoms with Gasteiger partial charge in [-0.2, -0.15) is 0 Å². The summed E-state index contributed by atoms with van der Waals surface area (Å²) in [4.78, 5) is 50.7. The molecule has 3 aliphatic rings. The summed E-state index contributed by atoms with van der Waals surface area (Å²) in [7, 11) is 1.23. The molecule has 0 amide bonds. The lowest BCUT2D eigenvalue weighted by molar-refractivity contribution is -0.189. The molecule has 10 heteroatoms. The van der Waals surface area contributed by atoms with Crippen molar-refractivity contribution in [1.82, 2.24) is 0 Å². The highest BCUT2D eigenvalue weighted by atomic mass is 16.6. The van der Waals surface area contributed by atoms with Crippen molar-refractivity contribution in [3.05, 3.63) is 24.2 Å². The topological polar surface area (TPSA) is 161 Å². The monoisotopic (exact) mass is 434 g/mol. The van der Waals surface area contributed by atoms with Crippen LogP contribution in [-0.4, -0.2) is 48.0 Å². The first-order valence-corrected chi connectivity index (χ1v) is 10.2. The maximum absolute atomic E-state index is 13.6. The predicted octanol–water partition coefficient (Wildman–Crippen LogP) is 0.383. The molecule has 2 aliphatic carbocycles. The van der Waals surface area contributed by atoms with Gasteiger partial charge in [-0.15, -0.1) is 0 Å². The fourth-order valence-electron chi connectivity index (χ4n) is 5.74. The van der Waals surface area contributed by atoms with Crippen molar-refractivity contribution in [2.75, 3.05) is 7.11 Å². The van der Waals surface area contributed by atoms with Crippen LogP contribution in [0.5, 0.6) is 0 Å². The van der Waals surface area contributed by atoms with Gasteiger partial charge in [-0.25, -0.2) is 0 Å². The summed E-state index contributed by atoms with van der Waals surface area (Å²) in [6, 6.07) is 1.65. The van der Waals surface area contributed by atoms with Crippen LogP contribution in [0.1, 0.15) is 44.3 Å². The lowest BCUT2D eigenvalue weighted by Gasteiger charge is -2.60. The Morgan fingerprint density at radius 1 is 1.23 bits per heavy atom. The highest BCUT2D eigenvalue weighted by molar-refractivity contribution is 5.94. The number of carbonyl (C=O) groups excluding carboxylic acids is 4. The van der Waals surface area contributed by atoms with E-state index < -0.39 is 64.7 Å². The lowest BCUT2D eigenvalue weighted by atomic mass is 9.48. The molecule has 1 aliphatic heterocycles. The SMILES string of the molecule is COC(=O)[C@@H]1C[C@H](OC(C)=O)C(=O)[C@H]2[C@@]1(N)CC[C@H]1C(=O)O[C@H](c3ccoc3)C[C@]21N. The van der Waals surface area contributed by atoms with Gasteiger partial charge in [-0.1, -0.05) is 0 Å². The van der Waals surface area contributed by atoms with Gasteiger partial charge in [0, 0.05) is 36.4 Å². The van der Waals surface area contributed by atoms with Gasteiger partial charge in [0.25, 0.3) is 0 Å². The first-order chi connectivity index (χ1) is 14.6. The van der Waals surface area contributed by atoms with Crippen molar-refractivity contribution in [2.45, 2.75) is 55.9 Å². The van der Waals surface area contributed by atoms with Crippen molar-refractivity contribution in [2.24, 2.45) is 29.2 Å². The summed E-state index contributed by atoms with van der Waals surface area (Å²) in [6.07, 6.45) is 1.45. The summed E-state index contributed by atoms with van der Waals surface area (Å²) >= 11 is 0. The standard InChI is InChI=1S/C21H26N2O8/c1-10(24)30-14-7-13(18(26)28-2)20(22)5-3-12-19(27)31-15(11-4-6-29-9-11)8-21(12,23)17(20)16(14)25/h4,6,9,12-15,17H,3,5,7-8,22-23H2,1-2H3/t12-,13-,14-,15-,17-,20+,21+/m0/s1. The van der Waals surface area contributed by atoms with E-state index in [0.29, 0.717) is 5.56 Å². The molecule has 31 heavy (non-hydrogen) atoms. The molecule has 0 radical (unpaired) electrons. The zero-order chi connectivity index (χ0) is 22.6. The Morgan fingerprint density at radius 2 is 1.97 bits per heavy atom. The van der Waals surface area contributed by atoms with E-state index >= 15 is 0 Å². The van der Waals surface area contributed by atoms with Crippen LogP contribution in [0, 0.1) is 17.8 Å². The van der Waals surface area contributed by atoms with Crippen LogP contribution in [0.2, 0.25) is 0 Å². The van der Waals surface area contributed by atoms with Gasteiger partial charge < -0.3 is 30.1 Å². The van der Waals surface area contributed by atoms with Gasteiger partial charge in [0.2, 0.25) is 0 Å². The third-order valence-corrected chi connectivity index (χ3v) is 7.08. The zero-order valence-electron chi connectivity index (χ0n) is 17.4. The molecular formula is C21H26N2O8. The van der Waals surface area contributed by atoms with E-state index in [9.17, 15) is 19.2 Å². The van der Waals surface area contributed by atoms with Crippen molar-refractivity contribution < 1.29 is 37.8 Å². The summed E-state index contributed by atoms with van der Waals surface area (Å²) in [5, 5.41) is 0. The molecule has 168 valence electrons. The van der Waals surface area contributed by atoms with Gasteiger partial charge in [0.15, 0.2) is 11.9 Å². The van der Waals surface area contributed by atoms with Crippen molar-refractivity contribution in [3.8, 4) is 0 Å². The number of methoxy groups -OCH3 is 1. The Balaban J connectivity index is 1.80. The van der Waals surface area contributed by atoms with Crippen molar-refractivity contribution in [3.63, 3.8) is 0 Å². The number of nitrogens with two attached hydrogens (primary N) is 2. The van der Waals surface area contributed by atoms with Crippen LogP contribution in [0.15, 0.2) is 23.0 Å². The molecule has 1 aromatic rings. The Bertz CT molecular complexity index is 914. The van der Waals surface area contributed by atoms with Crippen LogP contribution < -0.4 is 11.5 Å². The number of hydrogen-bond donors (Lipinski definition) is 2. The number of ether oxygens (including phenoxy) is 3. The van der Waals surface area contributed by atoms with E-state index in [1.165, 1.54) is 26.6 Å². The Hall–Kier alpha value is -2.72. The molecule has 0 aromatic carbocycles. The minimum Gasteiger partial charge on any atom is -0.472 e. The molecule has 2 heterocycles. The fraction of sp³-hybridized carbons (Fsp3) is 0.619. The summed E-state index contributed by atoms with van der Waals surface area (Å²) < 4.78 is 20.9. The molecule has 10 nitrogen and oxygen atoms in total. The smallest absolute Gasteiger partial charge is 0.311 e. The number of cyclic esters (lactones) is 1. The number of rotatable bonds is 3. The summed E-state index contributed by atoms with van der Waals surface area (Å²) in [5.41, 5.74) is 11.5. The molecule has 0 unspecified atom stereocenters. The quantitative estimate of drug-likeness (QED) is 0.502. The fourth-order valence-corrected chi connectivity index (χ4v) is 5.74. The van der Waals surface area contributed by atoms with E-state index in [1.54, 1.807) is 6.07 Å². The molecule has 2 saturated carbocycles. The first-order valence-electron chi connectivity index (χ1n) is 10.2. The van der Waals surface area contributed by atoms with Gasteiger partial charge in [0.1, 0.15) is 6.10 Å². The number of ketones is 1. The maximum Gasteiger partial charge on any atom is 0.311 e. The molecule has 3 fully saturated rings. The average Bonchev–Trinajstić information content (AvgIpc) is 3.23. The number of Topliss-reactive ketones (excluding diaryl/α,β-unsaturated/α-hetero) is 1. The molecular weight excluding hydrogens is 408 g/mol. The van der Waals surface area contributed by atoms with E-state index in [0.717, 1.165) is 0 Å². The molecule has 4 rings (SSSR count). The van der Waals surface area contributed by atoms with E-state index in [1.807, 2.05) is 0 Å². The van der Waals surface area contributed by atoms with Crippen LogP contribution in [0.25, 0.3) is 0 Å². The Morgan fingerprint density at radius 3 is 2.58 bits per heavy atom. The number of carbonyl (C=O) groups is 4. The number of esters is 3. The Labute approximate surface area is 178 Å². The third kappa shape index (κ3) is 3.25. The van der Waals surface area contributed by atoms with Crippen molar-refractivity contribution >= 4 is 23.7 Å². The van der Waals surface area contributed by atoms with Crippen LogP contribution in [0.3, 0.4) is 0 Å². The molecule has 1 aromatic heterocycles. The van der Waals surface area contributed by atoms with Gasteiger partial charge in [-0.05, 0) is 18.9 Å². The maximum atomic E-state index is 13.6. The minimum absolute atomic E-state index is 0.0889. The minimum atomic E-state index is -1.40. The summed E-state index contributed by atoms with van der Waals surface area (Å²) in [5.74, 6) is -5.09. The molecule has 0 bridgehead atoms. The number of hydrogen-bond acceptors (Lipinski definition) is 10. The molecule has 0 spiro atoms. The predicted molar refractivity (Wildman–Crippen MR) is 103 cm³/mol. The van der Waals surface area contributed by atoms with Crippen LogP contribution in [0.4, 0.5) is 0 Å². The first kappa shape index (κ1) is 21.5. The second kappa shape index (κ2) is 7.45. The van der Waals surface area contributed by atoms with Crippen LogP contribution >= 0.6 is 0 Å². The zero-order valence-corrected chi connectivity index (χ0v) is 17.4. The second-order valence-electron chi connectivity index (χ2n) is 8.75.